The molecule has 0 aliphatic rings. The average Bonchev–Trinajstić information content (AvgIpc) is 2.02. The zero-order chi connectivity index (χ0) is 10.8. The molecule has 0 atom stereocenters. The highest BCUT2D eigenvalue weighted by Gasteiger charge is 2.14. The number of hydrogen-bond acceptors (Lipinski definition) is 1. The fourth-order valence-corrected chi connectivity index (χ4v) is 1.43. The molecule has 0 saturated heterocycles. The molecule has 1 aromatic rings. The molecule has 0 spiro atoms. The molecule has 1 aromatic carbocycles. The molecule has 0 bridgehead atoms. The highest BCUT2D eigenvalue weighted by atomic mass is 16.5. The summed E-state index contributed by atoms with van der Waals surface area (Å²) in [5.41, 5.74) is 2.79. The van der Waals surface area contributed by atoms with Crippen LogP contribution in [0.3, 0.4) is 0 Å². The van der Waals surface area contributed by atoms with E-state index in [9.17, 15) is 0 Å². The molecule has 1 heteroatoms. The topological polar surface area (TPSA) is 9.23 Å². The van der Waals surface area contributed by atoms with Gasteiger partial charge >= 0.3 is 0 Å². The summed E-state index contributed by atoms with van der Waals surface area (Å²) in [5, 5.41) is 0. The highest BCUT2D eigenvalue weighted by Crippen LogP contribution is 2.27. The van der Waals surface area contributed by atoms with E-state index in [1.807, 2.05) is 6.92 Å². The lowest BCUT2D eigenvalue weighted by atomic mass is 9.86. The smallest absolute Gasteiger partial charge is 0.119 e. The molecule has 14 heavy (non-hydrogen) atoms. The lowest BCUT2D eigenvalue weighted by Crippen LogP contribution is -2.11. The summed E-state index contributed by atoms with van der Waals surface area (Å²) in [6.07, 6.45) is 0. The SMILES string of the molecule is CCOc1cc(C)cc(C(C)(C)C)c1. The van der Waals surface area contributed by atoms with Gasteiger partial charge in [-0.25, -0.2) is 0 Å². The van der Waals surface area contributed by atoms with E-state index in [2.05, 4.69) is 45.9 Å². The summed E-state index contributed by atoms with van der Waals surface area (Å²) < 4.78 is 5.52. The Morgan fingerprint density at radius 3 is 2.29 bits per heavy atom. The highest BCUT2D eigenvalue weighted by molar-refractivity contribution is 5.37. The minimum atomic E-state index is 0.192. The predicted molar refractivity (Wildman–Crippen MR) is 61.0 cm³/mol. The van der Waals surface area contributed by atoms with Crippen molar-refractivity contribution in [3.63, 3.8) is 0 Å². The molecule has 0 aliphatic heterocycles. The van der Waals surface area contributed by atoms with Gasteiger partial charge in [0.05, 0.1) is 6.61 Å². The molecule has 0 saturated carbocycles. The summed E-state index contributed by atoms with van der Waals surface area (Å²) in [5.74, 6) is 0.984. The number of rotatable bonds is 2. The molecular formula is C13H20O. The van der Waals surface area contributed by atoms with Crippen LogP contribution in [0, 0.1) is 6.92 Å². The van der Waals surface area contributed by atoms with E-state index in [4.69, 9.17) is 4.74 Å². The lowest BCUT2D eigenvalue weighted by molar-refractivity contribution is 0.339. The van der Waals surface area contributed by atoms with E-state index in [0.29, 0.717) is 0 Å². The molecular weight excluding hydrogens is 172 g/mol. The van der Waals surface area contributed by atoms with E-state index in [1.54, 1.807) is 0 Å². The van der Waals surface area contributed by atoms with Crippen LogP contribution in [0.1, 0.15) is 38.8 Å². The first kappa shape index (κ1) is 11.1. The predicted octanol–water partition coefficient (Wildman–Crippen LogP) is 3.69. The van der Waals surface area contributed by atoms with Crippen LogP contribution in [-0.4, -0.2) is 6.61 Å². The number of aryl methyl sites for hydroxylation is 1. The van der Waals surface area contributed by atoms with E-state index in [1.165, 1.54) is 11.1 Å². The van der Waals surface area contributed by atoms with Gasteiger partial charge < -0.3 is 4.74 Å². The Balaban J connectivity index is 3.07. The minimum Gasteiger partial charge on any atom is -0.494 e. The number of hydrogen-bond donors (Lipinski definition) is 0. The Hall–Kier alpha value is -0.980. The van der Waals surface area contributed by atoms with Gasteiger partial charge in [0.25, 0.3) is 0 Å². The second-order valence-electron chi connectivity index (χ2n) is 4.72. The molecule has 0 aromatic heterocycles. The molecule has 78 valence electrons. The molecule has 1 nitrogen and oxygen atoms in total. The molecule has 1 rings (SSSR count). The quantitative estimate of drug-likeness (QED) is 0.694. The fourth-order valence-electron chi connectivity index (χ4n) is 1.43. The minimum absolute atomic E-state index is 0.192. The standard InChI is InChI=1S/C13H20O/c1-6-14-12-8-10(2)7-11(9-12)13(3,4)5/h7-9H,6H2,1-5H3. The third-order valence-electron chi connectivity index (χ3n) is 2.23. The van der Waals surface area contributed by atoms with Crippen molar-refractivity contribution in [2.45, 2.75) is 40.0 Å². The van der Waals surface area contributed by atoms with Crippen LogP contribution in [0.15, 0.2) is 18.2 Å². The van der Waals surface area contributed by atoms with Crippen LogP contribution in [0.25, 0.3) is 0 Å². The Morgan fingerprint density at radius 1 is 1.14 bits per heavy atom. The van der Waals surface area contributed by atoms with Gasteiger partial charge in [0.1, 0.15) is 5.75 Å². The second kappa shape index (κ2) is 4.04. The van der Waals surface area contributed by atoms with Gasteiger partial charge in [0.2, 0.25) is 0 Å². The largest absolute Gasteiger partial charge is 0.494 e. The molecule has 0 amide bonds. The third kappa shape index (κ3) is 2.76. The van der Waals surface area contributed by atoms with Crippen molar-refractivity contribution in [1.29, 1.82) is 0 Å². The zero-order valence-electron chi connectivity index (χ0n) is 9.85. The van der Waals surface area contributed by atoms with Crippen molar-refractivity contribution in [2.24, 2.45) is 0 Å². The van der Waals surface area contributed by atoms with Crippen molar-refractivity contribution in [1.82, 2.24) is 0 Å². The third-order valence-corrected chi connectivity index (χ3v) is 2.23. The maximum atomic E-state index is 5.52. The Labute approximate surface area is 87.1 Å². The van der Waals surface area contributed by atoms with Gasteiger partial charge in [-0.05, 0) is 42.5 Å². The van der Waals surface area contributed by atoms with E-state index in [0.717, 1.165) is 12.4 Å². The lowest BCUT2D eigenvalue weighted by Gasteiger charge is -2.20. The molecule has 0 heterocycles. The maximum Gasteiger partial charge on any atom is 0.119 e. The summed E-state index contributed by atoms with van der Waals surface area (Å²) in [6.45, 7) is 11.5. The van der Waals surface area contributed by atoms with Crippen LogP contribution >= 0.6 is 0 Å². The monoisotopic (exact) mass is 192 g/mol. The number of ether oxygens (including phenoxy) is 1. The van der Waals surface area contributed by atoms with Gasteiger partial charge in [0.15, 0.2) is 0 Å². The maximum absolute atomic E-state index is 5.52. The Morgan fingerprint density at radius 2 is 1.79 bits per heavy atom. The molecule has 0 unspecified atom stereocenters. The Kier molecular flexibility index (Phi) is 3.20. The zero-order valence-corrected chi connectivity index (χ0v) is 9.85. The van der Waals surface area contributed by atoms with Crippen molar-refractivity contribution in [3.8, 4) is 5.75 Å². The van der Waals surface area contributed by atoms with Crippen LogP contribution in [0.5, 0.6) is 5.75 Å². The van der Waals surface area contributed by atoms with Crippen LogP contribution in [0.2, 0.25) is 0 Å². The second-order valence-corrected chi connectivity index (χ2v) is 4.72. The molecule has 0 fully saturated rings. The summed E-state index contributed by atoms with van der Waals surface area (Å²) >= 11 is 0. The molecule has 0 radical (unpaired) electrons. The molecule has 0 aliphatic carbocycles. The van der Waals surface area contributed by atoms with Crippen molar-refractivity contribution < 1.29 is 4.74 Å². The van der Waals surface area contributed by atoms with Crippen LogP contribution in [0.4, 0.5) is 0 Å². The fraction of sp³-hybridized carbons (Fsp3) is 0.538. The van der Waals surface area contributed by atoms with Gasteiger partial charge in [-0.2, -0.15) is 0 Å². The summed E-state index contributed by atoms with van der Waals surface area (Å²) in [4.78, 5) is 0. The summed E-state index contributed by atoms with van der Waals surface area (Å²) in [7, 11) is 0. The van der Waals surface area contributed by atoms with E-state index >= 15 is 0 Å². The van der Waals surface area contributed by atoms with Gasteiger partial charge in [-0.3, -0.25) is 0 Å². The molecule has 0 N–H and O–H groups in total. The Bertz CT molecular complexity index is 308. The summed E-state index contributed by atoms with van der Waals surface area (Å²) in [6, 6.07) is 6.44. The van der Waals surface area contributed by atoms with Gasteiger partial charge in [-0.15, -0.1) is 0 Å². The first-order valence-electron chi connectivity index (χ1n) is 5.18. The first-order valence-corrected chi connectivity index (χ1v) is 5.18. The van der Waals surface area contributed by atoms with Gasteiger partial charge in [-0.1, -0.05) is 26.8 Å². The van der Waals surface area contributed by atoms with Gasteiger partial charge in [0, 0.05) is 0 Å². The van der Waals surface area contributed by atoms with Crippen molar-refractivity contribution in [3.05, 3.63) is 29.3 Å². The van der Waals surface area contributed by atoms with E-state index < -0.39 is 0 Å². The normalized spacial score (nSPS) is 11.5. The van der Waals surface area contributed by atoms with Crippen molar-refractivity contribution in [2.75, 3.05) is 6.61 Å². The van der Waals surface area contributed by atoms with E-state index in [-0.39, 0.29) is 5.41 Å². The van der Waals surface area contributed by atoms with Crippen molar-refractivity contribution >= 4 is 0 Å². The first-order chi connectivity index (χ1) is 6.43. The van der Waals surface area contributed by atoms with Crippen LogP contribution < -0.4 is 4.74 Å². The average molecular weight is 192 g/mol. The number of benzene rings is 1. The van der Waals surface area contributed by atoms with Crippen LogP contribution in [-0.2, 0) is 5.41 Å².